The number of amides is 1. The molecule has 1 amide bonds. The minimum Gasteiger partial charge on any atom is -0.339 e. The largest absolute Gasteiger partial charge is 0.339 e. The van der Waals surface area contributed by atoms with Crippen molar-refractivity contribution in [3.63, 3.8) is 0 Å². The lowest BCUT2D eigenvalue weighted by atomic mass is 9.96. The summed E-state index contributed by atoms with van der Waals surface area (Å²) in [5, 5.41) is 3.41. The van der Waals surface area contributed by atoms with Gasteiger partial charge in [0.05, 0.1) is 0 Å². The number of hydrogen-bond acceptors (Lipinski definition) is 3. The first kappa shape index (κ1) is 19.3. The maximum atomic E-state index is 12.7. The third-order valence-electron chi connectivity index (χ3n) is 4.26. The van der Waals surface area contributed by atoms with Gasteiger partial charge in [-0.25, -0.2) is 0 Å². The molecule has 0 radical (unpaired) electrons. The Morgan fingerprint density at radius 1 is 1.36 bits per heavy atom. The molecule has 1 saturated heterocycles. The molecule has 1 fully saturated rings. The lowest BCUT2D eigenvalue weighted by molar-refractivity contribution is 0.0689. The van der Waals surface area contributed by atoms with Gasteiger partial charge in [-0.05, 0) is 62.7 Å². The van der Waals surface area contributed by atoms with Gasteiger partial charge in [0.1, 0.15) is 0 Å². The minimum atomic E-state index is 0. The van der Waals surface area contributed by atoms with E-state index in [1.54, 1.807) is 11.8 Å². The van der Waals surface area contributed by atoms with E-state index in [0.717, 1.165) is 55.0 Å². The zero-order chi connectivity index (χ0) is 15.2. The number of aryl methyl sites for hydroxylation is 1. The first-order chi connectivity index (χ1) is 10.2. The zero-order valence-electron chi connectivity index (χ0n) is 13.7. The van der Waals surface area contributed by atoms with Crippen LogP contribution in [0.15, 0.2) is 23.1 Å². The van der Waals surface area contributed by atoms with Crippen molar-refractivity contribution in [3.05, 3.63) is 29.3 Å². The summed E-state index contributed by atoms with van der Waals surface area (Å²) in [5.41, 5.74) is 1.94. The van der Waals surface area contributed by atoms with Crippen LogP contribution in [0, 0.1) is 12.8 Å². The third kappa shape index (κ3) is 4.90. The van der Waals surface area contributed by atoms with Crippen LogP contribution in [0.3, 0.4) is 0 Å². The summed E-state index contributed by atoms with van der Waals surface area (Å²) >= 11 is 1.69. The quantitative estimate of drug-likeness (QED) is 0.830. The van der Waals surface area contributed by atoms with Gasteiger partial charge in [-0.1, -0.05) is 13.0 Å². The molecule has 2 rings (SSSR count). The Balaban J connectivity index is 0.00000242. The van der Waals surface area contributed by atoms with E-state index in [2.05, 4.69) is 24.4 Å². The molecule has 5 heteroatoms. The number of benzene rings is 1. The van der Waals surface area contributed by atoms with Gasteiger partial charge in [-0.2, -0.15) is 0 Å². The van der Waals surface area contributed by atoms with E-state index in [1.165, 1.54) is 0 Å². The fourth-order valence-electron chi connectivity index (χ4n) is 2.82. The minimum absolute atomic E-state index is 0. The van der Waals surface area contributed by atoms with E-state index < -0.39 is 0 Å². The number of carbonyl (C=O) groups is 1. The number of halogens is 1. The fraction of sp³-hybridized carbons (Fsp3) is 0.588. The summed E-state index contributed by atoms with van der Waals surface area (Å²) in [6, 6.07) is 6.17. The number of carbonyl (C=O) groups excluding carboxylic acids is 1. The molecule has 1 aromatic carbocycles. The van der Waals surface area contributed by atoms with E-state index in [-0.39, 0.29) is 18.3 Å². The number of nitrogens with zero attached hydrogens (tertiary/aromatic N) is 1. The Morgan fingerprint density at radius 2 is 2.05 bits per heavy atom. The van der Waals surface area contributed by atoms with E-state index in [0.29, 0.717) is 5.92 Å². The van der Waals surface area contributed by atoms with Crippen LogP contribution in [0.25, 0.3) is 0 Å². The first-order valence-electron chi connectivity index (χ1n) is 7.80. The smallest absolute Gasteiger partial charge is 0.254 e. The summed E-state index contributed by atoms with van der Waals surface area (Å²) in [4.78, 5) is 15.9. The molecular weight excluding hydrogens is 316 g/mol. The normalized spacial score (nSPS) is 15.5. The fourth-order valence-corrected chi connectivity index (χ4v) is 3.26. The van der Waals surface area contributed by atoms with E-state index in [9.17, 15) is 4.79 Å². The van der Waals surface area contributed by atoms with Crippen LogP contribution in [0.2, 0.25) is 0 Å². The lowest BCUT2D eigenvalue weighted by Crippen LogP contribution is -2.41. The molecule has 0 aromatic heterocycles. The second kappa shape index (κ2) is 9.43. The molecule has 3 nitrogen and oxygen atoms in total. The number of nitrogens with one attached hydrogen (secondary N) is 1. The molecular formula is C17H27ClN2OS. The average Bonchev–Trinajstić information content (AvgIpc) is 2.53. The van der Waals surface area contributed by atoms with Gasteiger partial charge in [0.25, 0.3) is 5.91 Å². The lowest BCUT2D eigenvalue weighted by Gasteiger charge is -2.32. The molecule has 1 aliphatic heterocycles. The molecule has 1 heterocycles. The van der Waals surface area contributed by atoms with Crippen LogP contribution in [0.4, 0.5) is 0 Å². The molecule has 1 N–H and O–H groups in total. The predicted molar refractivity (Wildman–Crippen MR) is 97.4 cm³/mol. The zero-order valence-corrected chi connectivity index (χ0v) is 15.4. The number of piperidine rings is 1. The molecule has 0 spiro atoms. The van der Waals surface area contributed by atoms with E-state index in [1.807, 2.05) is 24.1 Å². The topological polar surface area (TPSA) is 32.3 Å². The molecule has 1 aliphatic rings. The summed E-state index contributed by atoms with van der Waals surface area (Å²) in [6.07, 6.45) is 4.27. The van der Waals surface area contributed by atoms with E-state index in [4.69, 9.17) is 0 Å². The van der Waals surface area contributed by atoms with Gasteiger partial charge < -0.3 is 10.2 Å². The number of thioether (sulfide) groups is 1. The van der Waals surface area contributed by atoms with Crippen molar-refractivity contribution in [1.29, 1.82) is 0 Å². The molecule has 124 valence electrons. The highest BCUT2D eigenvalue weighted by Crippen LogP contribution is 2.23. The maximum absolute atomic E-state index is 12.7. The van der Waals surface area contributed by atoms with E-state index >= 15 is 0 Å². The highest BCUT2D eigenvalue weighted by Gasteiger charge is 2.24. The molecule has 22 heavy (non-hydrogen) atoms. The van der Waals surface area contributed by atoms with Crippen molar-refractivity contribution in [2.45, 2.75) is 31.6 Å². The number of rotatable bonds is 5. The van der Waals surface area contributed by atoms with Gasteiger partial charge in [0.2, 0.25) is 0 Å². The summed E-state index contributed by atoms with van der Waals surface area (Å²) < 4.78 is 0. The van der Waals surface area contributed by atoms with Crippen LogP contribution < -0.4 is 5.32 Å². The maximum Gasteiger partial charge on any atom is 0.254 e. The van der Waals surface area contributed by atoms with Gasteiger partial charge in [0, 0.05) is 23.5 Å². The van der Waals surface area contributed by atoms with Crippen molar-refractivity contribution in [2.75, 3.05) is 32.4 Å². The molecule has 0 bridgehead atoms. The van der Waals surface area contributed by atoms with Crippen molar-refractivity contribution in [2.24, 2.45) is 5.92 Å². The number of likely N-dealkylation sites (tertiary alicyclic amines) is 1. The summed E-state index contributed by atoms with van der Waals surface area (Å²) in [5.74, 6) is 0.915. The van der Waals surface area contributed by atoms with Crippen molar-refractivity contribution in [3.8, 4) is 0 Å². The van der Waals surface area contributed by atoms with Crippen molar-refractivity contribution in [1.82, 2.24) is 10.2 Å². The monoisotopic (exact) mass is 342 g/mol. The Labute approximate surface area is 144 Å². The first-order valence-corrected chi connectivity index (χ1v) is 9.02. The molecule has 0 atom stereocenters. The summed E-state index contributed by atoms with van der Waals surface area (Å²) in [7, 11) is 0. The van der Waals surface area contributed by atoms with Crippen molar-refractivity contribution >= 4 is 30.1 Å². The van der Waals surface area contributed by atoms with Crippen LogP contribution in [-0.2, 0) is 0 Å². The molecule has 0 saturated carbocycles. The molecule has 0 unspecified atom stereocenters. The highest BCUT2D eigenvalue weighted by atomic mass is 35.5. The SMILES string of the molecule is CCNCC1CCN(C(=O)c2cc(SC)ccc2C)CC1.Cl. The van der Waals surface area contributed by atoms with Crippen LogP contribution >= 0.6 is 24.2 Å². The van der Waals surface area contributed by atoms with Gasteiger partial charge in [0.15, 0.2) is 0 Å². The third-order valence-corrected chi connectivity index (χ3v) is 4.99. The molecule has 1 aromatic rings. The van der Waals surface area contributed by atoms with Crippen LogP contribution in [-0.4, -0.2) is 43.2 Å². The Morgan fingerprint density at radius 3 is 2.64 bits per heavy atom. The van der Waals surface area contributed by atoms with Crippen LogP contribution in [0.5, 0.6) is 0 Å². The molecule has 0 aliphatic carbocycles. The Hall–Kier alpha value is -0.710. The van der Waals surface area contributed by atoms with Gasteiger partial charge in [-0.3, -0.25) is 4.79 Å². The van der Waals surface area contributed by atoms with Crippen molar-refractivity contribution < 1.29 is 4.79 Å². The predicted octanol–water partition coefficient (Wildman–Crippen LogP) is 3.60. The van der Waals surface area contributed by atoms with Gasteiger partial charge >= 0.3 is 0 Å². The highest BCUT2D eigenvalue weighted by molar-refractivity contribution is 7.98. The summed E-state index contributed by atoms with van der Waals surface area (Å²) in [6.45, 7) is 8.05. The number of hydrogen-bond donors (Lipinski definition) is 1. The van der Waals surface area contributed by atoms with Crippen LogP contribution in [0.1, 0.15) is 35.7 Å². The second-order valence-electron chi connectivity index (χ2n) is 5.72. The Kier molecular flexibility index (Phi) is 8.29. The second-order valence-corrected chi connectivity index (χ2v) is 6.60. The standard InChI is InChI=1S/C17H26N2OS.ClH/c1-4-18-12-14-7-9-19(10-8-14)17(20)16-11-15(21-3)6-5-13(16)2;/h5-6,11,14,18H,4,7-10,12H2,1-3H3;1H. The van der Waals surface area contributed by atoms with Gasteiger partial charge in [-0.15, -0.1) is 24.2 Å². The Bertz CT molecular complexity index is 488. The average molecular weight is 343 g/mol.